The number of carbonyl (C=O) groups is 1. The van der Waals surface area contributed by atoms with Gasteiger partial charge in [-0.3, -0.25) is 9.69 Å². The van der Waals surface area contributed by atoms with Gasteiger partial charge in [0.1, 0.15) is 22.7 Å². The zero-order chi connectivity index (χ0) is 15.3. The van der Waals surface area contributed by atoms with Gasteiger partial charge in [-0.05, 0) is 32.2 Å². The summed E-state index contributed by atoms with van der Waals surface area (Å²) in [6.07, 6.45) is 8.20. The fourth-order valence-electron chi connectivity index (χ4n) is 5.06. The molecule has 5 nitrogen and oxygen atoms in total. The summed E-state index contributed by atoms with van der Waals surface area (Å²) in [6, 6.07) is -0.104. The van der Waals surface area contributed by atoms with Crippen LogP contribution in [0.25, 0.3) is 0 Å². The van der Waals surface area contributed by atoms with Crippen molar-refractivity contribution in [2.24, 2.45) is 5.41 Å². The van der Waals surface area contributed by atoms with Crippen LogP contribution in [-0.4, -0.2) is 52.2 Å². The maximum Gasteiger partial charge on any atom is 0.331 e. The minimum absolute atomic E-state index is 0.0740. The third-order valence-electron chi connectivity index (χ3n) is 6.06. The second-order valence-corrected chi connectivity index (χ2v) is 6.85. The molecule has 0 saturated carbocycles. The van der Waals surface area contributed by atoms with Gasteiger partial charge in [-0.2, -0.15) is 0 Å². The highest BCUT2D eigenvalue weighted by molar-refractivity contribution is 5.98. The quantitative estimate of drug-likeness (QED) is 0.647. The number of hydrogen-bond donors (Lipinski definition) is 2. The van der Waals surface area contributed by atoms with Crippen LogP contribution in [0.1, 0.15) is 12.8 Å². The van der Waals surface area contributed by atoms with Crippen molar-refractivity contribution in [1.29, 1.82) is 0 Å². The Kier molecular flexibility index (Phi) is 2.01. The number of allylic oxidation sites excluding steroid dienone is 3. The summed E-state index contributed by atoms with van der Waals surface area (Å²) in [5.74, 6) is 0.118. The second kappa shape index (κ2) is 3.51. The Bertz CT molecular complexity index is 746. The number of likely N-dealkylation sites (tertiary alicyclic amines) is 1. The van der Waals surface area contributed by atoms with E-state index in [9.17, 15) is 15.0 Å². The standard InChI is InChI=1S/C17H15NO4/c1-18-7-6-16-13-9-2-3-10(19)14(13)22-15(16)11(20)4-5-17(16,21)12(18)8-9/h2,4-5,12,15,21H,6-8H2,1H3/p+1/t12-,15?,16+,17-/m1/s1. The molecule has 2 saturated heterocycles. The van der Waals surface area contributed by atoms with Gasteiger partial charge in [0.2, 0.25) is 0 Å². The Labute approximate surface area is 127 Å². The molecule has 4 atom stereocenters. The van der Waals surface area contributed by atoms with Gasteiger partial charge in [0.15, 0.2) is 11.9 Å². The molecule has 0 aromatic heterocycles. The van der Waals surface area contributed by atoms with Crippen molar-refractivity contribution in [2.75, 3.05) is 13.6 Å². The molecule has 1 unspecified atom stereocenters. The monoisotopic (exact) mass is 298 g/mol. The van der Waals surface area contributed by atoms with Crippen molar-refractivity contribution in [1.82, 2.24) is 4.90 Å². The van der Waals surface area contributed by atoms with E-state index in [1.54, 1.807) is 12.2 Å². The van der Waals surface area contributed by atoms with E-state index in [0.717, 1.165) is 17.7 Å². The number of aliphatic hydroxyl groups is 2. The normalized spacial score (nSPS) is 44.9. The molecule has 2 fully saturated rings. The topological polar surface area (TPSA) is 70.0 Å². The van der Waals surface area contributed by atoms with E-state index < -0.39 is 17.1 Å². The van der Waals surface area contributed by atoms with E-state index in [2.05, 4.69) is 11.0 Å². The number of ether oxygens (including phenoxy) is 1. The first-order valence-corrected chi connectivity index (χ1v) is 7.58. The summed E-state index contributed by atoms with van der Waals surface area (Å²) in [4.78, 5) is 14.6. The maximum atomic E-state index is 12.4. The van der Waals surface area contributed by atoms with E-state index in [-0.39, 0.29) is 17.6 Å². The average Bonchev–Trinajstić information content (AvgIpc) is 2.85. The number of ketones is 1. The molecule has 2 heterocycles. The second-order valence-electron chi connectivity index (χ2n) is 6.85. The van der Waals surface area contributed by atoms with Crippen LogP contribution in [-0.2, 0) is 9.53 Å². The van der Waals surface area contributed by atoms with E-state index in [1.807, 2.05) is 7.05 Å². The summed E-state index contributed by atoms with van der Waals surface area (Å²) < 4.78 is 5.86. The lowest BCUT2D eigenvalue weighted by molar-refractivity contribution is -0.166. The number of aliphatic hydroxyl groups excluding tert-OH is 1. The smallest absolute Gasteiger partial charge is 0.331 e. The Hall–Kier alpha value is -1.94. The van der Waals surface area contributed by atoms with Crippen LogP contribution in [0.5, 0.6) is 0 Å². The van der Waals surface area contributed by atoms with Crippen LogP contribution in [0.4, 0.5) is 0 Å². The van der Waals surface area contributed by atoms with Gasteiger partial charge in [0.05, 0.1) is 17.7 Å². The molecule has 0 aromatic carbocycles. The van der Waals surface area contributed by atoms with Crippen LogP contribution in [0.3, 0.4) is 0 Å². The number of likely N-dealkylation sites (N-methyl/N-ethyl adjacent to an activating group) is 1. The van der Waals surface area contributed by atoms with E-state index in [1.165, 1.54) is 6.08 Å². The average molecular weight is 298 g/mol. The first-order valence-electron chi connectivity index (χ1n) is 7.58. The Morgan fingerprint density at radius 3 is 3.14 bits per heavy atom. The number of carbonyl (C=O) groups excluding carboxylic acids is 1. The molecule has 5 aliphatic rings. The summed E-state index contributed by atoms with van der Waals surface area (Å²) in [7, 11) is 2.00. The lowest BCUT2D eigenvalue weighted by Crippen LogP contribution is -2.71. The summed E-state index contributed by atoms with van der Waals surface area (Å²) >= 11 is 0. The van der Waals surface area contributed by atoms with E-state index >= 15 is 0 Å². The third-order valence-corrected chi connectivity index (χ3v) is 6.06. The van der Waals surface area contributed by atoms with Crippen LogP contribution in [0.2, 0.25) is 0 Å². The molecule has 22 heavy (non-hydrogen) atoms. The number of hydrogen-bond acceptors (Lipinski definition) is 5. The highest BCUT2D eigenvalue weighted by Gasteiger charge is 2.76. The molecule has 0 amide bonds. The van der Waals surface area contributed by atoms with Crippen LogP contribution >= 0.6 is 0 Å². The van der Waals surface area contributed by atoms with Gasteiger partial charge in [-0.15, -0.1) is 0 Å². The fourth-order valence-corrected chi connectivity index (χ4v) is 5.06. The molecule has 112 valence electrons. The molecule has 2 bridgehead atoms. The predicted octanol–water partition coefficient (Wildman–Crippen LogP) is 0.789. The zero-order valence-corrected chi connectivity index (χ0v) is 12.2. The van der Waals surface area contributed by atoms with E-state index in [4.69, 9.17) is 4.74 Å². The largest absolute Gasteiger partial charge is 0.478 e. The number of rotatable bonds is 0. The molecule has 0 radical (unpaired) electrons. The number of nitrogens with zero attached hydrogens (tertiary/aromatic N) is 1. The molecular formula is C17H16NO4+. The van der Waals surface area contributed by atoms with Gasteiger partial charge >= 0.3 is 5.76 Å². The summed E-state index contributed by atoms with van der Waals surface area (Å²) in [5.41, 5.74) is -0.103. The fraction of sp³-hybridized carbons (Fsp3) is 0.471. The van der Waals surface area contributed by atoms with Crippen molar-refractivity contribution in [3.63, 3.8) is 0 Å². The maximum absolute atomic E-state index is 12.4. The predicted molar refractivity (Wildman–Crippen MR) is 76.5 cm³/mol. The summed E-state index contributed by atoms with van der Waals surface area (Å²) in [6.45, 7) is 0.784. The first kappa shape index (κ1) is 12.6. The molecular weight excluding hydrogens is 282 g/mol. The van der Waals surface area contributed by atoms with Crippen LogP contribution in [0, 0.1) is 11.5 Å². The third kappa shape index (κ3) is 1.07. The highest BCUT2D eigenvalue weighted by atomic mass is 16.5. The van der Waals surface area contributed by atoms with Crippen LogP contribution < -0.4 is 0 Å². The minimum atomic E-state index is -1.15. The molecule has 5 heteroatoms. The Morgan fingerprint density at radius 2 is 2.32 bits per heavy atom. The zero-order valence-electron chi connectivity index (χ0n) is 12.2. The molecule has 0 aromatic rings. The lowest BCUT2D eigenvalue weighted by Gasteiger charge is -2.58. The SMILES string of the molecule is CN1CC[C@]23C4=C5C=[C+]C(O)=C4OC2C(=O)C=C[C@@]3(O)[C@H]1C5. The van der Waals surface area contributed by atoms with Gasteiger partial charge < -0.3 is 14.9 Å². The van der Waals surface area contributed by atoms with Crippen molar-refractivity contribution >= 4 is 5.78 Å². The molecule has 2 aliphatic heterocycles. The van der Waals surface area contributed by atoms with Crippen LogP contribution in [0.15, 0.2) is 40.9 Å². The summed E-state index contributed by atoms with van der Waals surface area (Å²) in [5, 5.41) is 21.7. The molecule has 5 rings (SSSR count). The van der Waals surface area contributed by atoms with Crippen molar-refractivity contribution < 1.29 is 19.7 Å². The molecule has 2 N–H and O–H groups in total. The Morgan fingerprint density at radius 1 is 1.50 bits per heavy atom. The highest BCUT2D eigenvalue weighted by Crippen LogP contribution is 2.65. The van der Waals surface area contributed by atoms with Gasteiger partial charge in [-0.25, -0.2) is 0 Å². The van der Waals surface area contributed by atoms with E-state index in [0.29, 0.717) is 18.6 Å². The van der Waals surface area contributed by atoms with Gasteiger partial charge in [-0.1, -0.05) is 0 Å². The molecule has 1 spiro atoms. The van der Waals surface area contributed by atoms with Gasteiger partial charge in [0.25, 0.3) is 5.76 Å². The van der Waals surface area contributed by atoms with Crippen molar-refractivity contribution in [3.8, 4) is 0 Å². The first-order chi connectivity index (χ1) is 10.5. The number of piperidine rings is 1. The molecule has 3 aliphatic carbocycles. The van der Waals surface area contributed by atoms with Crippen molar-refractivity contribution in [3.05, 3.63) is 47.0 Å². The van der Waals surface area contributed by atoms with Gasteiger partial charge in [0, 0.05) is 6.42 Å². The lowest BCUT2D eigenvalue weighted by atomic mass is 9.50. The minimum Gasteiger partial charge on any atom is -0.478 e. The Balaban J connectivity index is 1.89. The van der Waals surface area contributed by atoms with Crippen molar-refractivity contribution in [2.45, 2.75) is 30.6 Å².